The Morgan fingerprint density at radius 3 is 1.86 bits per heavy atom. The van der Waals surface area contributed by atoms with Crippen LogP contribution < -0.4 is 5.32 Å². The molecule has 0 aromatic rings. The second-order valence-electron chi connectivity index (χ2n) is 6.07. The van der Waals surface area contributed by atoms with E-state index in [0.29, 0.717) is 0 Å². The van der Waals surface area contributed by atoms with Crippen molar-refractivity contribution in [3.8, 4) is 0 Å². The highest BCUT2D eigenvalue weighted by atomic mass is 15.4. The number of hydrogen-bond donors (Lipinski definition) is 1. The third kappa shape index (κ3) is 5.00. The molecular weight excluding hydrogens is 258 g/mol. The van der Waals surface area contributed by atoms with Crippen LogP contribution >= 0.6 is 0 Å². The van der Waals surface area contributed by atoms with Crippen LogP contribution in [0.15, 0.2) is 11.8 Å². The maximum atomic E-state index is 3.70. The van der Waals surface area contributed by atoms with Crippen LogP contribution in [0.1, 0.15) is 66.7 Å². The molecule has 0 aliphatic heterocycles. The van der Waals surface area contributed by atoms with Gasteiger partial charge in [0.2, 0.25) is 0 Å². The van der Waals surface area contributed by atoms with Crippen LogP contribution in [0, 0.1) is 0 Å². The fourth-order valence-electron chi connectivity index (χ4n) is 3.56. The molecule has 21 heavy (non-hydrogen) atoms. The number of likely N-dealkylation sites (N-methyl/N-ethyl adjacent to an activating group) is 2. The maximum absolute atomic E-state index is 3.70. The van der Waals surface area contributed by atoms with Gasteiger partial charge in [-0.3, -0.25) is 9.80 Å². The van der Waals surface area contributed by atoms with Gasteiger partial charge in [-0.1, -0.05) is 60.0 Å². The minimum atomic E-state index is 0.172. The molecule has 0 radical (unpaired) electrons. The van der Waals surface area contributed by atoms with Gasteiger partial charge in [-0.15, -0.1) is 0 Å². The largest absolute Gasteiger partial charge is 0.385 e. The zero-order chi connectivity index (χ0) is 15.7. The van der Waals surface area contributed by atoms with E-state index in [-0.39, 0.29) is 5.66 Å². The number of hydrogen-bond acceptors (Lipinski definition) is 3. The molecule has 0 unspecified atom stereocenters. The van der Waals surface area contributed by atoms with Gasteiger partial charge in [0.1, 0.15) is 0 Å². The van der Waals surface area contributed by atoms with Crippen molar-refractivity contribution in [2.75, 3.05) is 32.7 Å². The van der Waals surface area contributed by atoms with Crippen LogP contribution in [0.5, 0.6) is 0 Å². The highest BCUT2D eigenvalue weighted by Crippen LogP contribution is 2.28. The molecule has 3 nitrogen and oxygen atoms in total. The Morgan fingerprint density at radius 1 is 0.952 bits per heavy atom. The Kier molecular flexibility index (Phi) is 8.35. The zero-order valence-corrected chi connectivity index (χ0v) is 15.0. The molecule has 124 valence electrons. The lowest BCUT2D eigenvalue weighted by atomic mass is 9.96. The van der Waals surface area contributed by atoms with E-state index < -0.39 is 0 Å². The Bertz CT molecular complexity index is 292. The van der Waals surface area contributed by atoms with Crippen molar-refractivity contribution in [3.05, 3.63) is 11.8 Å². The molecule has 0 aromatic carbocycles. The molecule has 0 saturated carbocycles. The molecule has 0 fully saturated rings. The topological polar surface area (TPSA) is 18.5 Å². The second-order valence-corrected chi connectivity index (χ2v) is 6.07. The van der Waals surface area contributed by atoms with Crippen LogP contribution in [0.2, 0.25) is 0 Å². The summed E-state index contributed by atoms with van der Waals surface area (Å²) < 4.78 is 0. The smallest absolute Gasteiger partial charge is 0.0914 e. The molecule has 1 rings (SSSR count). The average molecular weight is 296 g/mol. The Labute approximate surface area is 132 Å². The maximum Gasteiger partial charge on any atom is 0.0914 e. The van der Waals surface area contributed by atoms with Gasteiger partial charge in [-0.25, -0.2) is 0 Å². The van der Waals surface area contributed by atoms with Gasteiger partial charge >= 0.3 is 0 Å². The lowest BCUT2D eigenvalue weighted by Crippen LogP contribution is -2.65. The molecule has 0 atom stereocenters. The van der Waals surface area contributed by atoms with Gasteiger partial charge in [0.05, 0.1) is 5.66 Å². The summed E-state index contributed by atoms with van der Waals surface area (Å²) >= 11 is 0. The summed E-state index contributed by atoms with van der Waals surface area (Å²) in [5, 5.41) is 3.70. The van der Waals surface area contributed by atoms with E-state index in [4.69, 9.17) is 0 Å². The first-order chi connectivity index (χ1) is 10.2. The van der Waals surface area contributed by atoms with Gasteiger partial charge in [0.15, 0.2) is 0 Å². The highest BCUT2D eigenvalue weighted by Gasteiger charge is 2.39. The first-order valence-corrected chi connectivity index (χ1v) is 9.11. The summed E-state index contributed by atoms with van der Waals surface area (Å²) in [5.74, 6) is 0. The van der Waals surface area contributed by atoms with Crippen molar-refractivity contribution >= 4 is 0 Å². The van der Waals surface area contributed by atoms with Crippen molar-refractivity contribution in [1.82, 2.24) is 15.1 Å². The SMILES string of the molecule is CCCCCC(CNC1=CC1)(N(CC)CC)N(CC)CC. The van der Waals surface area contributed by atoms with Crippen LogP contribution in [0.4, 0.5) is 0 Å². The van der Waals surface area contributed by atoms with Crippen molar-refractivity contribution in [2.24, 2.45) is 0 Å². The van der Waals surface area contributed by atoms with Crippen LogP contribution in [0.3, 0.4) is 0 Å². The molecule has 0 amide bonds. The highest BCUT2D eigenvalue weighted by molar-refractivity contribution is 5.20. The monoisotopic (exact) mass is 295 g/mol. The first-order valence-electron chi connectivity index (χ1n) is 9.11. The molecule has 0 bridgehead atoms. The second kappa shape index (κ2) is 9.47. The Morgan fingerprint density at radius 2 is 1.48 bits per heavy atom. The minimum absolute atomic E-state index is 0.172. The van der Waals surface area contributed by atoms with Gasteiger partial charge in [0.25, 0.3) is 0 Å². The van der Waals surface area contributed by atoms with Crippen LogP contribution in [-0.2, 0) is 0 Å². The molecule has 0 heterocycles. The van der Waals surface area contributed by atoms with Crippen molar-refractivity contribution < 1.29 is 0 Å². The molecule has 0 aromatic heterocycles. The van der Waals surface area contributed by atoms with Gasteiger partial charge < -0.3 is 5.32 Å². The molecule has 0 spiro atoms. The third-order valence-corrected chi connectivity index (χ3v) is 4.89. The predicted molar refractivity (Wildman–Crippen MR) is 93.4 cm³/mol. The Balaban J connectivity index is 2.92. The fraction of sp³-hybridized carbons (Fsp3) is 0.889. The number of nitrogens with zero attached hydrogens (tertiary/aromatic N) is 2. The van der Waals surface area contributed by atoms with Gasteiger partial charge in [-0.05, 0) is 32.6 Å². The summed E-state index contributed by atoms with van der Waals surface area (Å²) in [6.07, 6.45) is 8.69. The van der Waals surface area contributed by atoms with E-state index in [9.17, 15) is 0 Å². The van der Waals surface area contributed by atoms with Crippen LogP contribution in [-0.4, -0.2) is 48.2 Å². The minimum Gasteiger partial charge on any atom is -0.385 e. The lowest BCUT2D eigenvalue weighted by Gasteiger charge is -2.51. The average Bonchev–Trinajstić information content (AvgIpc) is 3.31. The number of unbranched alkanes of at least 4 members (excludes halogenated alkanes) is 2. The molecule has 3 heteroatoms. The van der Waals surface area contributed by atoms with E-state index in [0.717, 1.165) is 32.7 Å². The lowest BCUT2D eigenvalue weighted by molar-refractivity contribution is -0.0556. The zero-order valence-electron chi connectivity index (χ0n) is 15.0. The summed E-state index contributed by atoms with van der Waals surface area (Å²) in [5.41, 5.74) is 1.61. The summed E-state index contributed by atoms with van der Waals surface area (Å²) in [7, 11) is 0. The summed E-state index contributed by atoms with van der Waals surface area (Å²) in [6, 6.07) is 0. The predicted octanol–water partition coefficient (Wildman–Crippen LogP) is 3.82. The summed E-state index contributed by atoms with van der Waals surface area (Å²) in [4.78, 5) is 5.34. The number of allylic oxidation sites excluding steroid dienone is 2. The van der Waals surface area contributed by atoms with E-state index in [1.165, 1.54) is 37.8 Å². The normalized spacial score (nSPS) is 14.7. The van der Waals surface area contributed by atoms with Crippen LogP contribution in [0.25, 0.3) is 0 Å². The third-order valence-electron chi connectivity index (χ3n) is 4.89. The first kappa shape index (κ1) is 18.5. The van der Waals surface area contributed by atoms with E-state index in [1.807, 2.05) is 0 Å². The fourth-order valence-corrected chi connectivity index (χ4v) is 3.56. The molecule has 0 saturated heterocycles. The number of nitrogens with one attached hydrogen (secondary N) is 1. The van der Waals surface area contributed by atoms with Crippen molar-refractivity contribution in [1.29, 1.82) is 0 Å². The number of rotatable bonds is 13. The molecular formula is C18H37N3. The van der Waals surface area contributed by atoms with Crippen molar-refractivity contribution in [3.63, 3.8) is 0 Å². The van der Waals surface area contributed by atoms with E-state index in [1.54, 1.807) is 0 Å². The standard InChI is InChI=1S/C18H37N3/c1-6-11-12-15-18(20(7-2)8-3,21(9-4)10-5)16-19-17-13-14-17/h13,19H,6-12,14-16H2,1-5H3. The van der Waals surface area contributed by atoms with E-state index >= 15 is 0 Å². The molecule has 1 N–H and O–H groups in total. The van der Waals surface area contributed by atoms with Gasteiger partial charge in [-0.2, -0.15) is 0 Å². The molecule has 1 aliphatic rings. The summed E-state index contributed by atoms with van der Waals surface area (Å²) in [6.45, 7) is 17.1. The Hall–Kier alpha value is -0.540. The quantitative estimate of drug-likeness (QED) is 0.411. The molecule has 1 aliphatic carbocycles. The van der Waals surface area contributed by atoms with Gasteiger partial charge in [0, 0.05) is 18.7 Å². The van der Waals surface area contributed by atoms with Crippen molar-refractivity contribution in [2.45, 2.75) is 72.4 Å². The van der Waals surface area contributed by atoms with E-state index in [2.05, 4.69) is 55.8 Å².